The first-order valence-electron chi connectivity index (χ1n) is 1.68. The molecule has 0 saturated carbocycles. The normalized spacial score (nSPS) is 22.5. The summed E-state index contributed by atoms with van der Waals surface area (Å²) >= 11 is 5.58. The molecule has 1 heterocycles. The van der Waals surface area contributed by atoms with Gasteiger partial charge in [0.1, 0.15) is 0 Å². The summed E-state index contributed by atoms with van der Waals surface area (Å²) in [6.45, 7) is 0. The van der Waals surface area contributed by atoms with E-state index in [2.05, 4.69) is 4.86 Å². The summed E-state index contributed by atoms with van der Waals surface area (Å²) in [5.41, 5.74) is 0. The molecule has 0 saturated heterocycles. The molecule has 32 valence electrons. The Kier molecular flexibility index (Phi) is 1.39. The summed E-state index contributed by atoms with van der Waals surface area (Å²) in [6, 6.07) is 0. The molecule has 0 bridgehead atoms. The fourth-order valence-electron chi connectivity index (χ4n) is 0.308. The SMILES string of the molecule is ClC1=CC=C[AsH]1. The third-order valence-corrected chi connectivity index (χ3v) is 2.93. The molecule has 0 aromatic carbocycles. The number of rotatable bonds is 0. The first-order valence-corrected chi connectivity index (χ1v) is 4.32. The van der Waals surface area contributed by atoms with E-state index in [0.29, 0.717) is 0 Å². The minimum atomic E-state index is 0.0154. The standard InChI is InChI=1S/C4H4AsCl/c6-4-2-1-3-5-4/h1-3,5H. The molecule has 1 rings (SSSR count). The predicted molar refractivity (Wildman–Crippen MR) is 30.2 cm³/mol. The van der Waals surface area contributed by atoms with Crippen LogP contribution in [-0.2, 0) is 0 Å². The molecule has 0 fully saturated rings. The molecule has 0 N–H and O–H groups in total. The summed E-state index contributed by atoms with van der Waals surface area (Å²) in [5.74, 6) is 0. The zero-order valence-electron chi connectivity index (χ0n) is 3.11. The van der Waals surface area contributed by atoms with Crippen LogP contribution < -0.4 is 0 Å². The van der Waals surface area contributed by atoms with Crippen molar-refractivity contribution in [2.75, 3.05) is 0 Å². The van der Waals surface area contributed by atoms with E-state index in [1.54, 1.807) is 0 Å². The van der Waals surface area contributed by atoms with E-state index in [0.717, 1.165) is 3.82 Å². The van der Waals surface area contributed by atoms with Crippen molar-refractivity contribution in [1.29, 1.82) is 0 Å². The number of halogens is 1. The molecule has 1 atom stereocenters. The fourth-order valence-corrected chi connectivity index (χ4v) is 1.85. The molecule has 0 aromatic rings. The first kappa shape index (κ1) is 4.49. The van der Waals surface area contributed by atoms with Crippen LogP contribution in [0.25, 0.3) is 0 Å². The molecule has 1 unspecified atom stereocenters. The molecule has 2 heteroatoms. The van der Waals surface area contributed by atoms with E-state index >= 15 is 0 Å². The molecule has 0 nitrogen and oxygen atoms in total. The summed E-state index contributed by atoms with van der Waals surface area (Å²) in [4.78, 5) is 2.16. The molecule has 1 aliphatic rings. The van der Waals surface area contributed by atoms with Gasteiger partial charge in [-0.25, -0.2) is 0 Å². The van der Waals surface area contributed by atoms with Gasteiger partial charge in [-0.15, -0.1) is 0 Å². The van der Waals surface area contributed by atoms with Gasteiger partial charge in [0.2, 0.25) is 0 Å². The average molecular weight is 162 g/mol. The molecule has 0 aromatic heterocycles. The van der Waals surface area contributed by atoms with E-state index in [1.807, 2.05) is 12.2 Å². The molecule has 1 aliphatic heterocycles. The first-order chi connectivity index (χ1) is 2.89. The maximum absolute atomic E-state index is 5.57. The Morgan fingerprint density at radius 3 is 2.67 bits per heavy atom. The van der Waals surface area contributed by atoms with Crippen molar-refractivity contribution < 1.29 is 0 Å². The van der Waals surface area contributed by atoms with E-state index < -0.39 is 0 Å². The van der Waals surface area contributed by atoms with Gasteiger partial charge in [0, 0.05) is 0 Å². The maximum atomic E-state index is 5.57. The topological polar surface area (TPSA) is 0 Å². The molecule has 0 radical (unpaired) electrons. The molecule has 0 aliphatic carbocycles. The minimum absolute atomic E-state index is 0.0154. The van der Waals surface area contributed by atoms with Crippen LogP contribution in [0.2, 0.25) is 0 Å². The van der Waals surface area contributed by atoms with Crippen molar-refractivity contribution in [3.63, 3.8) is 0 Å². The monoisotopic (exact) mass is 162 g/mol. The zero-order valence-corrected chi connectivity index (χ0v) is 5.96. The molecule has 6 heavy (non-hydrogen) atoms. The average Bonchev–Trinajstić information content (AvgIpc) is 1.86. The van der Waals surface area contributed by atoms with Crippen molar-refractivity contribution in [3.8, 4) is 0 Å². The van der Waals surface area contributed by atoms with E-state index in [9.17, 15) is 0 Å². The number of hydrogen-bond donors (Lipinski definition) is 0. The summed E-state index contributed by atoms with van der Waals surface area (Å²) in [7, 11) is 0. The van der Waals surface area contributed by atoms with Crippen molar-refractivity contribution in [2.24, 2.45) is 0 Å². The third-order valence-electron chi connectivity index (χ3n) is 0.560. The predicted octanol–water partition coefficient (Wildman–Crippen LogP) is 1.03. The van der Waals surface area contributed by atoms with Crippen molar-refractivity contribution in [3.05, 3.63) is 20.8 Å². The Hall–Kier alpha value is 0.328. The second-order valence-corrected chi connectivity index (χ2v) is 4.53. The Bertz CT molecular complexity index is 104. The Balaban J connectivity index is 2.61. The Morgan fingerprint density at radius 1 is 1.67 bits per heavy atom. The van der Waals surface area contributed by atoms with Gasteiger partial charge < -0.3 is 0 Å². The van der Waals surface area contributed by atoms with Gasteiger partial charge in [0.25, 0.3) is 0 Å². The van der Waals surface area contributed by atoms with Crippen LogP contribution >= 0.6 is 11.6 Å². The molecular formula is C4H4AsCl. The van der Waals surface area contributed by atoms with Gasteiger partial charge >= 0.3 is 48.2 Å². The van der Waals surface area contributed by atoms with Crippen molar-refractivity contribution in [1.82, 2.24) is 0 Å². The second-order valence-electron chi connectivity index (χ2n) is 1.02. The van der Waals surface area contributed by atoms with Crippen LogP contribution in [0.3, 0.4) is 0 Å². The zero-order chi connectivity index (χ0) is 4.41. The van der Waals surface area contributed by atoms with Crippen molar-refractivity contribution in [2.45, 2.75) is 0 Å². The van der Waals surface area contributed by atoms with Gasteiger partial charge in [-0.2, -0.15) is 0 Å². The van der Waals surface area contributed by atoms with Gasteiger partial charge in [0.05, 0.1) is 0 Å². The summed E-state index contributed by atoms with van der Waals surface area (Å²) < 4.78 is 1.06. The quantitative estimate of drug-likeness (QED) is 0.467. The van der Waals surface area contributed by atoms with Gasteiger partial charge in [0.15, 0.2) is 0 Å². The molecular weight excluding hydrogens is 158 g/mol. The summed E-state index contributed by atoms with van der Waals surface area (Å²) in [5, 5.41) is 0. The number of allylic oxidation sites excluding steroid dienone is 2. The van der Waals surface area contributed by atoms with Crippen LogP contribution in [0.1, 0.15) is 0 Å². The number of hydrogen-bond acceptors (Lipinski definition) is 0. The fraction of sp³-hybridized carbons (Fsp3) is 0. The van der Waals surface area contributed by atoms with E-state index in [1.165, 1.54) is 0 Å². The Labute approximate surface area is 48.6 Å². The summed E-state index contributed by atoms with van der Waals surface area (Å²) in [6.07, 6.45) is 3.98. The molecule has 0 amide bonds. The molecule has 0 spiro atoms. The van der Waals surface area contributed by atoms with E-state index in [-0.39, 0.29) is 15.8 Å². The van der Waals surface area contributed by atoms with Crippen LogP contribution in [0.15, 0.2) is 20.8 Å². The van der Waals surface area contributed by atoms with Crippen LogP contribution in [0.5, 0.6) is 0 Å². The van der Waals surface area contributed by atoms with E-state index in [4.69, 9.17) is 11.6 Å². The van der Waals surface area contributed by atoms with Crippen molar-refractivity contribution >= 4 is 27.4 Å². The van der Waals surface area contributed by atoms with Gasteiger partial charge in [-0.1, -0.05) is 0 Å². The van der Waals surface area contributed by atoms with Gasteiger partial charge in [-0.3, -0.25) is 0 Å². The second kappa shape index (κ2) is 1.86. The van der Waals surface area contributed by atoms with Gasteiger partial charge in [-0.05, 0) is 0 Å². The van der Waals surface area contributed by atoms with Crippen LogP contribution in [0.4, 0.5) is 0 Å². The van der Waals surface area contributed by atoms with Crippen LogP contribution in [-0.4, -0.2) is 15.8 Å². The Morgan fingerprint density at radius 2 is 2.50 bits per heavy atom. The third kappa shape index (κ3) is 0.893. The van der Waals surface area contributed by atoms with Crippen LogP contribution in [0, 0.1) is 0 Å².